The zero-order valence-corrected chi connectivity index (χ0v) is 5.00. The number of hydrogen-bond donors (Lipinski definition) is 0. The minimum absolute atomic E-state index is 0.156. The van der Waals surface area contributed by atoms with E-state index in [2.05, 4.69) is 12.5 Å². The maximum Gasteiger partial charge on any atom is 0.412 e. The van der Waals surface area contributed by atoms with Crippen LogP contribution in [0.3, 0.4) is 0 Å². The molecule has 0 aliphatic heterocycles. The Bertz CT molecular complexity index is 174. The molecule has 1 aliphatic rings. The molecule has 1 aliphatic carbocycles. The monoisotopic (exact) mass is 145 g/mol. The molecule has 10 heavy (non-hydrogen) atoms. The van der Waals surface area contributed by atoms with Gasteiger partial charge in [-0.1, -0.05) is 6.08 Å². The first-order valence-electron chi connectivity index (χ1n) is 2.68. The average Bonchev–Trinajstić information content (AvgIpc) is 1.88. The van der Waals surface area contributed by atoms with Crippen molar-refractivity contribution in [1.29, 1.82) is 0 Å². The molecule has 0 saturated carbocycles. The van der Waals surface area contributed by atoms with E-state index in [1.54, 1.807) is 0 Å². The normalized spacial score (nSPS) is 18.9. The Kier molecular flexibility index (Phi) is 1.83. The molecule has 3 radical (unpaired) electrons. The first kappa shape index (κ1) is 7.38. The van der Waals surface area contributed by atoms with Crippen molar-refractivity contribution in [2.45, 2.75) is 12.6 Å². The molecule has 0 unspecified atom stereocenters. The van der Waals surface area contributed by atoms with Crippen molar-refractivity contribution in [3.05, 3.63) is 30.2 Å². The third kappa shape index (κ3) is 1.62. The first-order chi connectivity index (χ1) is 4.61. The molecule has 0 nitrogen and oxygen atoms in total. The Morgan fingerprint density at radius 3 is 2.40 bits per heavy atom. The summed E-state index contributed by atoms with van der Waals surface area (Å²) >= 11 is 0. The van der Waals surface area contributed by atoms with Crippen LogP contribution in [0.25, 0.3) is 0 Å². The molecule has 0 amide bonds. The molecule has 0 fully saturated rings. The predicted octanol–water partition coefficient (Wildman–Crippen LogP) is 2.32. The minimum atomic E-state index is -4.21. The van der Waals surface area contributed by atoms with Crippen LogP contribution in [0.2, 0.25) is 0 Å². The van der Waals surface area contributed by atoms with Gasteiger partial charge in [0.2, 0.25) is 0 Å². The Balaban J connectivity index is 2.72. The maximum atomic E-state index is 11.8. The number of hydrogen-bond acceptors (Lipinski definition) is 0. The van der Waals surface area contributed by atoms with Gasteiger partial charge in [0.15, 0.2) is 0 Å². The molecule has 0 aromatic carbocycles. The summed E-state index contributed by atoms with van der Waals surface area (Å²) in [4.78, 5) is 0. The second-order valence-electron chi connectivity index (χ2n) is 1.86. The maximum absolute atomic E-state index is 11.8. The Morgan fingerprint density at radius 2 is 2.10 bits per heavy atom. The van der Waals surface area contributed by atoms with E-state index < -0.39 is 11.7 Å². The van der Waals surface area contributed by atoms with E-state index in [4.69, 9.17) is 0 Å². The summed E-state index contributed by atoms with van der Waals surface area (Å²) in [6, 6.07) is 0. The SMILES string of the molecule is FC(F)(F)C1=C[C]=C[C]C1. The van der Waals surface area contributed by atoms with Gasteiger partial charge in [-0.3, -0.25) is 0 Å². The summed E-state index contributed by atoms with van der Waals surface area (Å²) in [5.74, 6) is 0. The van der Waals surface area contributed by atoms with Crippen LogP contribution < -0.4 is 0 Å². The van der Waals surface area contributed by atoms with E-state index in [0.29, 0.717) is 0 Å². The molecule has 53 valence electrons. The van der Waals surface area contributed by atoms with Crippen LogP contribution in [-0.4, -0.2) is 6.18 Å². The summed E-state index contributed by atoms with van der Waals surface area (Å²) < 4.78 is 35.3. The van der Waals surface area contributed by atoms with Crippen LogP contribution >= 0.6 is 0 Å². The summed E-state index contributed by atoms with van der Waals surface area (Å²) in [5.41, 5.74) is -0.588. The lowest BCUT2D eigenvalue weighted by molar-refractivity contribution is -0.0933. The van der Waals surface area contributed by atoms with Gasteiger partial charge in [-0.2, -0.15) is 13.2 Å². The zero-order chi connectivity index (χ0) is 7.61. The van der Waals surface area contributed by atoms with E-state index in [1.807, 2.05) is 0 Å². The van der Waals surface area contributed by atoms with E-state index in [0.717, 1.165) is 6.08 Å². The molecule has 3 heteroatoms. The lowest BCUT2D eigenvalue weighted by atomic mass is 10.1. The highest BCUT2D eigenvalue weighted by atomic mass is 19.4. The quantitative estimate of drug-likeness (QED) is 0.490. The average molecular weight is 145 g/mol. The van der Waals surface area contributed by atoms with Crippen molar-refractivity contribution in [1.82, 2.24) is 0 Å². The van der Waals surface area contributed by atoms with E-state index in [-0.39, 0.29) is 6.42 Å². The zero-order valence-electron chi connectivity index (χ0n) is 5.00. The van der Waals surface area contributed by atoms with Gasteiger partial charge in [-0.05, 0) is 18.6 Å². The molecular formula is C7H4F3. The van der Waals surface area contributed by atoms with Crippen molar-refractivity contribution in [2.75, 3.05) is 0 Å². The molecule has 0 N–H and O–H groups in total. The van der Waals surface area contributed by atoms with Crippen molar-refractivity contribution in [3.8, 4) is 0 Å². The number of alkyl halides is 3. The van der Waals surface area contributed by atoms with Crippen molar-refractivity contribution in [2.24, 2.45) is 0 Å². The van der Waals surface area contributed by atoms with Gasteiger partial charge < -0.3 is 0 Å². The van der Waals surface area contributed by atoms with Gasteiger partial charge in [-0.25, -0.2) is 0 Å². The van der Waals surface area contributed by atoms with Gasteiger partial charge in [0.05, 0.1) is 0 Å². The van der Waals surface area contributed by atoms with Crippen molar-refractivity contribution < 1.29 is 13.2 Å². The molecule has 0 aromatic rings. The lowest BCUT2D eigenvalue weighted by Gasteiger charge is -2.10. The Morgan fingerprint density at radius 1 is 1.40 bits per heavy atom. The molecule has 1 rings (SSSR count). The first-order valence-corrected chi connectivity index (χ1v) is 2.68. The molecule has 0 bridgehead atoms. The summed E-state index contributed by atoms with van der Waals surface area (Å²) in [5, 5.41) is 0. The minimum Gasteiger partial charge on any atom is -0.166 e. The van der Waals surface area contributed by atoms with Crippen LogP contribution in [0.15, 0.2) is 17.7 Å². The topological polar surface area (TPSA) is 0 Å². The number of rotatable bonds is 0. The van der Waals surface area contributed by atoms with E-state index in [1.165, 1.54) is 6.08 Å². The van der Waals surface area contributed by atoms with Crippen LogP contribution in [0.5, 0.6) is 0 Å². The molecule has 0 heterocycles. The van der Waals surface area contributed by atoms with Crippen molar-refractivity contribution in [3.63, 3.8) is 0 Å². The van der Waals surface area contributed by atoms with Crippen molar-refractivity contribution >= 4 is 0 Å². The van der Waals surface area contributed by atoms with Crippen LogP contribution in [0.4, 0.5) is 13.2 Å². The molecule has 0 aromatic heterocycles. The fourth-order valence-corrected chi connectivity index (χ4v) is 0.595. The third-order valence-corrected chi connectivity index (χ3v) is 1.10. The standard InChI is InChI=1S/C7H4F3/c8-7(9,10)6-4-2-1-3-5-6/h1,4H,5H2. The summed E-state index contributed by atoms with van der Waals surface area (Å²) in [6.45, 7) is 0. The Hall–Kier alpha value is -0.730. The highest BCUT2D eigenvalue weighted by molar-refractivity contribution is 5.22. The van der Waals surface area contributed by atoms with Crippen LogP contribution in [-0.2, 0) is 0 Å². The molecule has 0 spiro atoms. The Labute approximate surface area is 57.0 Å². The van der Waals surface area contributed by atoms with Gasteiger partial charge in [-0.15, -0.1) is 0 Å². The second kappa shape index (κ2) is 2.48. The molecule has 0 atom stereocenters. The largest absolute Gasteiger partial charge is 0.412 e. The fraction of sp³-hybridized carbons (Fsp3) is 0.286. The van der Waals surface area contributed by atoms with E-state index >= 15 is 0 Å². The van der Waals surface area contributed by atoms with Gasteiger partial charge in [0.25, 0.3) is 0 Å². The molecular weight excluding hydrogens is 141 g/mol. The highest BCUT2D eigenvalue weighted by Gasteiger charge is 2.32. The summed E-state index contributed by atoms with van der Waals surface area (Å²) in [6.07, 6.45) is 2.67. The summed E-state index contributed by atoms with van der Waals surface area (Å²) in [7, 11) is 0. The van der Waals surface area contributed by atoms with Crippen LogP contribution in [0.1, 0.15) is 6.42 Å². The number of allylic oxidation sites excluding steroid dienone is 4. The highest BCUT2D eigenvalue weighted by Crippen LogP contribution is 2.30. The number of halogens is 3. The van der Waals surface area contributed by atoms with Gasteiger partial charge in [0.1, 0.15) is 0 Å². The fourth-order valence-electron chi connectivity index (χ4n) is 0.595. The second-order valence-corrected chi connectivity index (χ2v) is 1.86. The molecule has 0 saturated heterocycles. The van der Waals surface area contributed by atoms with Gasteiger partial charge in [0, 0.05) is 12.0 Å². The predicted molar refractivity (Wildman–Crippen MR) is 29.8 cm³/mol. The van der Waals surface area contributed by atoms with Crippen LogP contribution in [0, 0.1) is 12.5 Å². The lowest BCUT2D eigenvalue weighted by Crippen LogP contribution is -2.12. The third-order valence-electron chi connectivity index (χ3n) is 1.10. The van der Waals surface area contributed by atoms with E-state index in [9.17, 15) is 13.2 Å². The smallest absolute Gasteiger partial charge is 0.166 e. The van der Waals surface area contributed by atoms with Gasteiger partial charge >= 0.3 is 6.18 Å².